The average Bonchev–Trinajstić information content (AvgIpc) is 2.60. The molecule has 148 valence electrons. The number of hydrogen-bond donors (Lipinski definition) is 2. The number of rotatable bonds is 7. The number of aryl methyl sites for hydroxylation is 1. The standard InChI is InChI=1S/C20H22N2O5S/c1-13-6-4-8-17(10-13)21-19(24)12-28(26,27)15(3)20(25)22-18-9-5-7-16(11-18)14(2)23/h4-11,15H,12H2,1-3H3,(H,21,24)(H,22,25). The molecule has 2 aromatic rings. The monoisotopic (exact) mass is 402 g/mol. The molecule has 2 N–H and O–H groups in total. The molecule has 0 aliphatic heterocycles. The third-order valence-electron chi connectivity index (χ3n) is 4.08. The Morgan fingerprint density at radius 3 is 2.18 bits per heavy atom. The molecule has 7 nitrogen and oxygen atoms in total. The first-order chi connectivity index (χ1) is 13.1. The van der Waals surface area contributed by atoms with E-state index in [1.165, 1.54) is 19.9 Å². The van der Waals surface area contributed by atoms with Crippen LogP contribution in [0.4, 0.5) is 11.4 Å². The van der Waals surface area contributed by atoms with Crippen molar-refractivity contribution in [3.63, 3.8) is 0 Å². The molecule has 0 saturated carbocycles. The summed E-state index contributed by atoms with van der Waals surface area (Å²) in [5.41, 5.74) is 2.11. The second-order valence-electron chi connectivity index (χ2n) is 6.49. The maximum absolute atomic E-state index is 12.4. The fourth-order valence-electron chi connectivity index (χ4n) is 2.45. The Morgan fingerprint density at radius 2 is 1.57 bits per heavy atom. The van der Waals surface area contributed by atoms with Gasteiger partial charge in [0.05, 0.1) is 0 Å². The van der Waals surface area contributed by atoms with Gasteiger partial charge < -0.3 is 10.6 Å². The lowest BCUT2D eigenvalue weighted by Crippen LogP contribution is -2.37. The second-order valence-corrected chi connectivity index (χ2v) is 8.81. The first-order valence-electron chi connectivity index (χ1n) is 8.58. The largest absolute Gasteiger partial charge is 0.325 e. The van der Waals surface area contributed by atoms with E-state index in [1.807, 2.05) is 13.0 Å². The molecule has 0 aliphatic rings. The summed E-state index contributed by atoms with van der Waals surface area (Å²) in [6.07, 6.45) is 0. The number of hydrogen-bond acceptors (Lipinski definition) is 5. The van der Waals surface area contributed by atoms with Crippen LogP contribution in [-0.4, -0.2) is 37.0 Å². The van der Waals surface area contributed by atoms with Crippen LogP contribution in [-0.2, 0) is 19.4 Å². The van der Waals surface area contributed by atoms with E-state index in [4.69, 9.17) is 0 Å². The number of carbonyl (C=O) groups is 3. The van der Waals surface area contributed by atoms with Gasteiger partial charge in [-0.15, -0.1) is 0 Å². The Kier molecular flexibility index (Phi) is 6.69. The van der Waals surface area contributed by atoms with Crippen LogP contribution in [0.2, 0.25) is 0 Å². The van der Waals surface area contributed by atoms with Crippen LogP contribution in [0.3, 0.4) is 0 Å². The van der Waals surface area contributed by atoms with E-state index in [0.29, 0.717) is 16.9 Å². The summed E-state index contributed by atoms with van der Waals surface area (Å²) >= 11 is 0. The van der Waals surface area contributed by atoms with E-state index in [9.17, 15) is 22.8 Å². The molecule has 0 aliphatic carbocycles. The quantitative estimate of drug-likeness (QED) is 0.692. The first-order valence-corrected chi connectivity index (χ1v) is 10.3. The molecule has 1 atom stereocenters. The van der Waals surface area contributed by atoms with Crippen LogP contribution in [0.15, 0.2) is 48.5 Å². The Labute approximate surface area is 164 Å². The molecule has 2 amide bonds. The van der Waals surface area contributed by atoms with Gasteiger partial charge in [0.1, 0.15) is 11.0 Å². The molecule has 0 heterocycles. The number of sulfone groups is 1. The SMILES string of the molecule is CC(=O)c1cccc(NC(=O)C(C)S(=O)(=O)CC(=O)Nc2cccc(C)c2)c1. The zero-order valence-corrected chi connectivity index (χ0v) is 16.7. The summed E-state index contributed by atoms with van der Waals surface area (Å²) in [7, 11) is -4.03. The topological polar surface area (TPSA) is 109 Å². The Balaban J connectivity index is 2.03. The van der Waals surface area contributed by atoms with E-state index in [0.717, 1.165) is 5.56 Å². The van der Waals surface area contributed by atoms with Gasteiger partial charge in [0.2, 0.25) is 11.8 Å². The Hall–Kier alpha value is -3.00. The fraction of sp³-hybridized carbons (Fsp3) is 0.250. The molecule has 1 unspecified atom stereocenters. The molecule has 0 aromatic heterocycles. The van der Waals surface area contributed by atoms with E-state index < -0.39 is 32.7 Å². The van der Waals surface area contributed by atoms with Gasteiger partial charge in [0, 0.05) is 16.9 Å². The molecule has 8 heteroatoms. The van der Waals surface area contributed by atoms with Crippen LogP contribution >= 0.6 is 0 Å². The van der Waals surface area contributed by atoms with Crippen molar-refractivity contribution in [3.05, 3.63) is 59.7 Å². The molecular weight excluding hydrogens is 380 g/mol. The lowest BCUT2D eigenvalue weighted by Gasteiger charge is -2.14. The number of benzene rings is 2. The van der Waals surface area contributed by atoms with Gasteiger partial charge in [0.25, 0.3) is 0 Å². The number of amides is 2. The second kappa shape index (κ2) is 8.79. The molecular formula is C20H22N2O5S. The minimum Gasteiger partial charge on any atom is -0.325 e. The zero-order chi connectivity index (χ0) is 20.9. The van der Waals surface area contributed by atoms with Crippen molar-refractivity contribution in [2.24, 2.45) is 0 Å². The minimum atomic E-state index is -4.03. The van der Waals surface area contributed by atoms with Crippen LogP contribution in [0.25, 0.3) is 0 Å². The van der Waals surface area contributed by atoms with Crippen molar-refractivity contribution < 1.29 is 22.8 Å². The van der Waals surface area contributed by atoms with Crippen molar-refractivity contribution in [1.82, 2.24) is 0 Å². The van der Waals surface area contributed by atoms with Crippen molar-refractivity contribution in [2.75, 3.05) is 16.4 Å². The predicted molar refractivity (Wildman–Crippen MR) is 108 cm³/mol. The number of anilines is 2. The van der Waals surface area contributed by atoms with Crippen LogP contribution in [0, 0.1) is 6.92 Å². The van der Waals surface area contributed by atoms with Gasteiger partial charge in [-0.05, 0) is 50.6 Å². The smallest absolute Gasteiger partial charge is 0.242 e. The Bertz CT molecular complexity index is 1010. The Morgan fingerprint density at radius 1 is 0.964 bits per heavy atom. The lowest BCUT2D eigenvalue weighted by molar-refractivity contribution is -0.115. The zero-order valence-electron chi connectivity index (χ0n) is 15.9. The number of Topliss-reactive ketones (excluding diaryl/α,β-unsaturated/α-hetero) is 1. The third-order valence-corrected chi connectivity index (χ3v) is 6.03. The summed E-state index contributed by atoms with van der Waals surface area (Å²) in [5, 5.41) is 3.55. The lowest BCUT2D eigenvalue weighted by atomic mass is 10.1. The highest BCUT2D eigenvalue weighted by atomic mass is 32.2. The molecule has 0 spiro atoms. The van der Waals surface area contributed by atoms with Crippen LogP contribution < -0.4 is 10.6 Å². The fourth-order valence-corrected chi connectivity index (χ4v) is 3.52. The maximum atomic E-state index is 12.4. The predicted octanol–water partition coefficient (Wildman–Crippen LogP) is 2.58. The molecule has 2 rings (SSSR count). The normalized spacial score (nSPS) is 12.1. The summed E-state index contributed by atoms with van der Waals surface area (Å²) < 4.78 is 24.9. The van der Waals surface area contributed by atoms with Crippen molar-refractivity contribution in [3.8, 4) is 0 Å². The molecule has 28 heavy (non-hydrogen) atoms. The average molecular weight is 402 g/mol. The maximum Gasteiger partial charge on any atom is 0.242 e. The summed E-state index contributed by atoms with van der Waals surface area (Å²) in [5.74, 6) is -2.49. The summed E-state index contributed by atoms with van der Waals surface area (Å²) in [6, 6.07) is 13.1. The number of nitrogens with one attached hydrogen (secondary N) is 2. The van der Waals surface area contributed by atoms with Crippen molar-refractivity contribution in [2.45, 2.75) is 26.0 Å². The first kappa shape index (κ1) is 21.3. The van der Waals surface area contributed by atoms with Crippen LogP contribution in [0.5, 0.6) is 0 Å². The number of carbonyl (C=O) groups excluding carboxylic acids is 3. The highest BCUT2D eigenvalue weighted by molar-refractivity contribution is 7.93. The summed E-state index contributed by atoms with van der Waals surface area (Å²) in [6.45, 7) is 4.46. The van der Waals surface area contributed by atoms with Gasteiger partial charge >= 0.3 is 0 Å². The van der Waals surface area contributed by atoms with E-state index in [-0.39, 0.29) is 5.78 Å². The van der Waals surface area contributed by atoms with Crippen molar-refractivity contribution in [1.29, 1.82) is 0 Å². The molecule has 0 radical (unpaired) electrons. The van der Waals surface area contributed by atoms with E-state index >= 15 is 0 Å². The van der Waals surface area contributed by atoms with E-state index in [1.54, 1.807) is 36.4 Å². The number of ketones is 1. The molecule has 0 bridgehead atoms. The van der Waals surface area contributed by atoms with Crippen molar-refractivity contribution >= 4 is 38.8 Å². The molecule has 2 aromatic carbocycles. The van der Waals surface area contributed by atoms with Gasteiger partial charge in [-0.3, -0.25) is 14.4 Å². The third kappa shape index (κ3) is 5.75. The van der Waals surface area contributed by atoms with Gasteiger partial charge in [-0.25, -0.2) is 8.42 Å². The summed E-state index contributed by atoms with van der Waals surface area (Å²) in [4.78, 5) is 35.8. The highest BCUT2D eigenvalue weighted by Gasteiger charge is 2.30. The van der Waals surface area contributed by atoms with Gasteiger partial charge in [-0.2, -0.15) is 0 Å². The molecule has 0 fully saturated rings. The highest BCUT2D eigenvalue weighted by Crippen LogP contribution is 2.14. The van der Waals surface area contributed by atoms with E-state index in [2.05, 4.69) is 10.6 Å². The van der Waals surface area contributed by atoms with Gasteiger partial charge in [-0.1, -0.05) is 24.3 Å². The minimum absolute atomic E-state index is 0.176. The van der Waals surface area contributed by atoms with Gasteiger partial charge in [0.15, 0.2) is 15.6 Å². The molecule has 0 saturated heterocycles. The van der Waals surface area contributed by atoms with Crippen LogP contribution in [0.1, 0.15) is 29.8 Å².